The SMILES string of the molecule is CC(C)OCCCNC(=O)CN(c1ccc(Oc2ccccc2)cc1)S(C)(=O)=O. The number of amides is 1. The van der Waals surface area contributed by atoms with Crippen LogP contribution in [-0.4, -0.2) is 46.4 Å². The van der Waals surface area contributed by atoms with Crippen molar-refractivity contribution in [2.75, 3.05) is 30.3 Å². The fourth-order valence-electron chi connectivity index (χ4n) is 2.51. The van der Waals surface area contributed by atoms with Crippen molar-refractivity contribution in [3.8, 4) is 11.5 Å². The first-order valence-electron chi connectivity index (χ1n) is 9.44. The van der Waals surface area contributed by atoms with E-state index < -0.39 is 10.0 Å². The molecule has 2 rings (SSSR count). The Bertz CT molecular complexity index is 868. The second-order valence-electron chi connectivity index (χ2n) is 6.80. The summed E-state index contributed by atoms with van der Waals surface area (Å²) in [7, 11) is -3.62. The first-order chi connectivity index (χ1) is 13.8. The predicted octanol–water partition coefficient (Wildman–Crippen LogP) is 3.18. The maximum Gasteiger partial charge on any atom is 0.240 e. The molecule has 1 N–H and O–H groups in total. The van der Waals surface area contributed by atoms with E-state index in [2.05, 4.69) is 5.32 Å². The van der Waals surface area contributed by atoms with Crippen LogP contribution in [0.15, 0.2) is 54.6 Å². The average molecular weight is 421 g/mol. The van der Waals surface area contributed by atoms with E-state index in [4.69, 9.17) is 9.47 Å². The van der Waals surface area contributed by atoms with Crippen molar-refractivity contribution in [2.45, 2.75) is 26.4 Å². The number of carbonyl (C=O) groups is 1. The molecule has 7 nitrogen and oxygen atoms in total. The fourth-order valence-corrected chi connectivity index (χ4v) is 3.37. The van der Waals surface area contributed by atoms with Crippen LogP contribution in [0.3, 0.4) is 0 Å². The van der Waals surface area contributed by atoms with Crippen LogP contribution in [0.25, 0.3) is 0 Å². The molecule has 8 heteroatoms. The number of ether oxygens (including phenoxy) is 2. The van der Waals surface area contributed by atoms with Crippen molar-refractivity contribution in [3.05, 3.63) is 54.6 Å². The van der Waals surface area contributed by atoms with Crippen molar-refractivity contribution < 1.29 is 22.7 Å². The highest BCUT2D eigenvalue weighted by atomic mass is 32.2. The molecule has 1 amide bonds. The Hall–Kier alpha value is -2.58. The summed E-state index contributed by atoms with van der Waals surface area (Å²) >= 11 is 0. The Morgan fingerprint density at radius 2 is 1.66 bits per heavy atom. The van der Waals surface area contributed by atoms with Gasteiger partial charge in [0.25, 0.3) is 0 Å². The zero-order valence-electron chi connectivity index (χ0n) is 17.0. The van der Waals surface area contributed by atoms with Gasteiger partial charge in [0.15, 0.2) is 0 Å². The van der Waals surface area contributed by atoms with Crippen LogP contribution in [0.4, 0.5) is 5.69 Å². The molecule has 0 heterocycles. The lowest BCUT2D eigenvalue weighted by Crippen LogP contribution is -2.40. The summed E-state index contributed by atoms with van der Waals surface area (Å²) in [6.45, 7) is 4.56. The van der Waals surface area contributed by atoms with Crippen LogP contribution < -0.4 is 14.4 Å². The number of rotatable bonds is 11. The van der Waals surface area contributed by atoms with Crippen molar-refractivity contribution in [1.82, 2.24) is 5.32 Å². The lowest BCUT2D eigenvalue weighted by Gasteiger charge is -2.22. The number of sulfonamides is 1. The van der Waals surface area contributed by atoms with Gasteiger partial charge in [-0.1, -0.05) is 18.2 Å². The van der Waals surface area contributed by atoms with Crippen LogP contribution in [0.1, 0.15) is 20.3 Å². The van der Waals surface area contributed by atoms with Crippen molar-refractivity contribution >= 4 is 21.6 Å². The van der Waals surface area contributed by atoms with E-state index in [-0.39, 0.29) is 18.6 Å². The number of carbonyl (C=O) groups excluding carboxylic acids is 1. The summed E-state index contributed by atoms with van der Waals surface area (Å²) in [5.41, 5.74) is 0.395. The van der Waals surface area contributed by atoms with E-state index in [1.165, 1.54) is 0 Å². The topological polar surface area (TPSA) is 84.9 Å². The zero-order valence-corrected chi connectivity index (χ0v) is 17.8. The van der Waals surface area contributed by atoms with Crippen molar-refractivity contribution in [1.29, 1.82) is 0 Å². The van der Waals surface area contributed by atoms with E-state index in [0.717, 1.165) is 10.6 Å². The molecule has 0 saturated heterocycles. The van der Waals surface area contributed by atoms with Gasteiger partial charge in [0, 0.05) is 13.2 Å². The van der Waals surface area contributed by atoms with E-state index in [9.17, 15) is 13.2 Å². The molecule has 158 valence electrons. The Balaban J connectivity index is 1.96. The van der Waals surface area contributed by atoms with Gasteiger partial charge in [0.05, 0.1) is 18.0 Å². The number of benzene rings is 2. The van der Waals surface area contributed by atoms with Gasteiger partial charge in [-0.3, -0.25) is 9.10 Å². The number of nitrogens with zero attached hydrogens (tertiary/aromatic N) is 1. The summed E-state index contributed by atoms with van der Waals surface area (Å²) in [5, 5.41) is 2.72. The Morgan fingerprint density at radius 3 is 2.24 bits per heavy atom. The molecule has 0 aliphatic heterocycles. The molecular weight excluding hydrogens is 392 g/mol. The summed E-state index contributed by atoms with van der Waals surface area (Å²) in [6.07, 6.45) is 1.87. The first-order valence-corrected chi connectivity index (χ1v) is 11.3. The molecule has 0 spiro atoms. The molecule has 0 aliphatic carbocycles. The molecular formula is C21H28N2O5S. The minimum Gasteiger partial charge on any atom is -0.457 e. The van der Waals surface area contributed by atoms with E-state index in [1.54, 1.807) is 24.3 Å². The smallest absolute Gasteiger partial charge is 0.240 e. The lowest BCUT2D eigenvalue weighted by molar-refractivity contribution is -0.119. The molecule has 0 aliphatic rings. The number of hydrogen-bond donors (Lipinski definition) is 1. The predicted molar refractivity (Wildman–Crippen MR) is 114 cm³/mol. The molecule has 0 bridgehead atoms. The minimum atomic E-state index is -3.62. The van der Waals surface area contributed by atoms with Crippen LogP contribution in [0.2, 0.25) is 0 Å². The van der Waals surface area contributed by atoms with Crippen LogP contribution >= 0.6 is 0 Å². The molecule has 2 aromatic carbocycles. The molecule has 0 unspecified atom stereocenters. The van der Waals surface area contributed by atoms with Gasteiger partial charge in [-0.15, -0.1) is 0 Å². The minimum absolute atomic E-state index is 0.139. The Morgan fingerprint density at radius 1 is 1.03 bits per heavy atom. The lowest BCUT2D eigenvalue weighted by atomic mass is 10.3. The standard InChI is InChI=1S/C21H28N2O5S/c1-17(2)27-15-7-14-22-21(24)16-23(29(3,25)26)18-10-12-20(13-11-18)28-19-8-5-4-6-9-19/h4-6,8-13,17H,7,14-16H2,1-3H3,(H,22,24). The Kier molecular flexibility index (Phi) is 8.48. The number of nitrogens with one attached hydrogen (secondary N) is 1. The fraction of sp³-hybridized carbons (Fsp3) is 0.381. The maximum absolute atomic E-state index is 12.2. The molecule has 2 aromatic rings. The first kappa shape index (κ1) is 22.7. The number of anilines is 1. The number of hydrogen-bond acceptors (Lipinski definition) is 5. The third-order valence-electron chi connectivity index (χ3n) is 3.89. The highest BCUT2D eigenvalue weighted by Gasteiger charge is 2.20. The van der Waals surface area contributed by atoms with Gasteiger partial charge in [-0.2, -0.15) is 0 Å². The highest BCUT2D eigenvalue weighted by Crippen LogP contribution is 2.25. The van der Waals surface area contributed by atoms with Gasteiger partial charge < -0.3 is 14.8 Å². The average Bonchev–Trinajstić information content (AvgIpc) is 2.66. The van der Waals surface area contributed by atoms with Crippen LogP contribution in [-0.2, 0) is 19.6 Å². The van der Waals surface area contributed by atoms with Crippen molar-refractivity contribution in [3.63, 3.8) is 0 Å². The summed E-state index contributed by atoms with van der Waals surface area (Å²) in [5.74, 6) is 0.883. The van der Waals surface area contributed by atoms with E-state index >= 15 is 0 Å². The molecule has 0 aromatic heterocycles. The van der Waals surface area contributed by atoms with Crippen molar-refractivity contribution in [2.24, 2.45) is 0 Å². The van der Waals surface area contributed by atoms with E-state index in [1.807, 2.05) is 44.2 Å². The largest absolute Gasteiger partial charge is 0.457 e. The second kappa shape index (κ2) is 10.8. The van der Waals surface area contributed by atoms with Gasteiger partial charge in [0.2, 0.25) is 15.9 Å². The normalized spacial score (nSPS) is 11.3. The molecule has 0 saturated carbocycles. The highest BCUT2D eigenvalue weighted by molar-refractivity contribution is 7.92. The summed E-state index contributed by atoms with van der Waals surface area (Å²) in [6, 6.07) is 15.8. The number of para-hydroxylation sites is 1. The quantitative estimate of drug-likeness (QED) is 0.565. The van der Waals surface area contributed by atoms with Gasteiger partial charge in [-0.25, -0.2) is 8.42 Å². The zero-order chi connectivity index (χ0) is 21.3. The van der Waals surface area contributed by atoms with E-state index in [0.29, 0.717) is 36.8 Å². The third kappa shape index (κ3) is 8.13. The van der Waals surface area contributed by atoms with Gasteiger partial charge in [-0.05, 0) is 56.7 Å². The van der Waals surface area contributed by atoms with Gasteiger partial charge >= 0.3 is 0 Å². The molecule has 29 heavy (non-hydrogen) atoms. The van der Waals surface area contributed by atoms with Gasteiger partial charge in [0.1, 0.15) is 18.0 Å². The molecule has 0 fully saturated rings. The Labute approximate surface area is 172 Å². The van der Waals surface area contributed by atoms with Crippen LogP contribution in [0, 0.1) is 0 Å². The summed E-state index contributed by atoms with van der Waals surface area (Å²) in [4.78, 5) is 12.2. The van der Waals surface area contributed by atoms with Crippen LogP contribution in [0.5, 0.6) is 11.5 Å². The third-order valence-corrected chi connectivity index (χ3v) is 5.03. The summed E-state index contributed by atoms with van der Waals surface area (Å²) < 4.78 is 36.6. The second-order valence-corrected chi connectivity index (χ2v) is 8.71. The maximum atomic E-state index is 12.2. The molecule has 0 atom stereocenters. The molecule has 0 radical (unpaired) electrons. The monoisotopic (exact) mass is 420 g/mol.